The topological polar surface area (TPSA) is 117 Å². The lowest BCUT2D eigenvalue weighted by Gasteiger charge is -1.99. The minimum Gasteiger partial charge on any atom is -0.338 e. The lowest BCUT2D eigenvalue weighted by atomic mass is 10.2. The SMILES string of the molecule is Cc1ccc2[nH]c3nc(N/N=C\c4c(C)[nH]n(-c5ccccc5)c4=O)nnc3c2c1. The fraction of sp³-hybridized carbons (Fsp3) is 0.0952. The Morgan fingerprint density at radius 3 is 2.77 bits per heavy atom. The predicted octanol–water partition coefficient (Wildman–Crippen LogP) is 3.05. The summed E-state index contributed by atoms with van der Waals surface area (Å²) in [5.41, 5.74) is 7.87. The Morgan fingerprint density at radius 1 is 1.10 bits per heavy atom. The van der Waals surface area contributed by atoms with Gasteiger partial charge in [-0.2, -0.15) is 10.1 Å². The summed E-state index contributed by atoms with van der Waals surface area (Å²) < 4.78 is 1.48. The molecule has 0 radical (unpaired) electrons. The van der Waals surface area contributed by atoms with Crippen LogP contribution >= 0.6 is 0 Å². The third-order valence-corrected chi connectivity index (χ3v) is 4.86. The number of aryl methyl sites for hydroxylation is 2. The van der Waals surface area contributed by atoms with E-state index in [1.54, 1.807) is 0 Å². The number of aromatic amines is 2. The molecule has 0 aliphatic heterocycles. The van der Waals surface area contributed by atoms with Gasteiger partial charge in [0.25, 0.3) is 11.5 Å². The Labute approximate surface area is 170 Å². The second-order valence-corrected chi connectivity index (χ2v) is 7.00. The number of fused-ring (bicyclic) bond motifs is 3. The van der Waals surface area contributed by atoms with Crippen LogP contribution in [0.1, 0.15) is 16.8 Å². The first-order valence-corrected chi connectivity index (χ1v) is 9.39. The summed E-state index contributed by atoms with van der Waals surface area (Å²) >= 11 is 0. The molecule has 0 aliphatic carbocycles. The van der Waals surface area contributed by atoms with Gasteiger partial charge in [0.1, 0.15) is 5.52 Å². The van der Waals surface area contributed by atoms with Gasteiger partial charge in [0.2, 0.25) is 0 Å². The molecule has 5 aromatic rings. The number of anilines is 1. The largest absolute Gasteiger partial charge is 0.338 e. The molecule has 0 unspecified atom stereocenters. The van der Waals surface area contributed by atoms with Gasteiger partial charge in [-0.1, -0.05) is 29.8 Å². The van der Waals surface area contributed by atoms with Crippen LogP contribution < -0.4 is 11.0 Å². The zero-order valence-electron chi connectivity index (χ0n) is 16.3. The van der Waals surface area contributed by atoms with Crippen molar-refractivity contribution in [2.75, 3.05) is 5.43 Å². The van der Waals surface area contributed by atoms with Crippen LogP contribution in [0.5, 0.6) is 0 Å². The minimum absolute atomic E-state index is 0.190. The van der Waals surface area contributed by atoms with Crippen LogP contribution in [0, 0.1) is 13.8 Å². The Kier molecular flexibility index (Phi) is 4.13. The number of H-pyrrole nitrogens is 2. The van der Waals surface area contributed by atoms with Crippen LogP contribution in [0.3, 0.4) is 0 Å². The Morgan fingerprint density at radius 2 is 1.93 bits per heavy atom. The molecule has 0 spiro atoms. The van der Waals surface area contributed by atoms with Crippen LogP contribution in [0.2, 0.25) is 0 Å². The zero-order valence-corrected chi connectivity index (χ0v) is 16.3. The first-order valence-electron chi connectivity index (χ1n) is 9.39. The normalized spacial score (nSPS) is 11.7. The standard InChI is InChI=1S/C21H18N8O/c1-12-8-9-17-15(10-12)18-19(23-17)24-21(27-25-18)26-22-11-16-13(2)28-29(20(16)30)14-6-4-3-5-7-14/h3-11,28H,1-2H3,(H2,23,24,26,27)/b22-11-. The quantitative estimate of drug-likeness (QED) is 0.318. The van der Waals surface area contributed by atoms with E-state index in [1.807, 2.05) is 62.4 Å². The van der Waals surface area contributed by atoms with Gasteiger partial charge < -0.3 is 4.98 Å². The number of hydrogen-bond donors (Lipinski definition) is 3. The van der Waals surface area contributed by atoms with Crippen molar-refractivity contribution in [1.82, 2.24) is 29.9 Å². The molecule has 9 heteroatoms. The number of rotatable bonds is 4. The van der Waals surface area contributed by atoms with E-state index >= 15 is 0 Å². The summed E-state index contributed by atoms with van der Waals surface area (Å²) in [5.74, 6) is 0.235. The maximum Gasteiger partial charge on any atom is 0.280 e. The van der Waals surface area contributed by atoms with E-state index in [-0.39, 0.29) is 11.5 Å². The van der Waals surface area contributed by atoms with Crippen LogP contribution in [0.15, 0.2) is 58.4 Å². The number of benzene rings is 2. The van der Waals surface area contributed by atoms with Crippen molar-refractivity contribution < 1.29 is 0 Å². The molecule has 3 N–H and O–H groups in total. The number of para-hydroxylation sites is 1. The second-order valence-electron chi connectivity index (χ2n) is 7.00. The van der Waals surface area contributed by atoms with Crippen molar-refractivity contribution in [3.8, 4) is 5.69 Å². The maximum atomic E-state index is 12.7. The van der Waals surface area contributed by atoms with Gasteiger partial charge in [-0.25, -0.2) is 10.1 Å². The van der Waals surface area contributed by atoms with Crippen LogP contribution in [0.25, 0.3) is 27.8 Å². The average Bonchev–Trinajstić information content (AvgIpc) is 3.25. The molecule has 3 aromatic heterocycles. The van der Waals surface area contributed by atoms with Gasteiger partial charge in [0.05, 0.1) is 17.5 Å². The number of nitrogens with zero attached hydrogens (tertiary/aromatic N) is 5. The summed E-state index contributed by atoms with van der Waals surface area (Å²) in [5, 5.41) is 16.5. The molecular weight excluding hydrogens is 380 g/mol. The fourth-order valence-electron chi connectivity index (χ4n) is 3.36. The first-order chi connectivity index (χ1) is 14.6. The third-order valence-electron chi connectivity index (χ3n) is 4.86. The maximum absolute atomic E-state index is 12.7. The van der Waals surface area contributed by atoms with E-state index in [4.69, 9.17) is 0 Å². The molecule has 9 nitrogen and oxygen atoms in total. The van der Waals surface area contributed by atoms with Crippen molar-refractivity contribution in [2.45, 2.75) is 13.8 Å². The third kappa shape index (κ3) is 3.02. The van der Waals surface area contributed by atoms with Crippen molar-refractivity contribution >= 4 is 34.2 Å². The molecule has 3 heterocycles. The predicted molar refractivity (Wildman–Crippen MR) is 116 cm³/mol. The van der Waals surface area contributed by atoms with Crippen molar-refractivity contribution in [3.63, 3.8) is 0 Å². The molecule has 2 aromatic carbocycles. The van der Waals surface area contributed by atoms with Gasteiger partial charge in [0, 0.05) is 16.6 Å². The first kappa shape index (κ1) is 17.8. The number of hydrogen-bond acceptors (Lipinski definition) is 6. The number of nitrogens with one attached hydrogen (secondary N) is 3. The van der Waals surface area contributed by atoms with E-state index in [2.05, 4.69) is 35.8 Å². The Balaban J connectivity index is 1.42. The fourth-order valence-corrected chi connectivity index (χ4v) is 3.36. The molecule has 0 atom stereocenters. The molecule has 30 heavy (non-hydrogen) atoms. The summed E-state index contributed by atoms with van der Waals surface area (Å²) in [7, 11) is 0. The second kappa shape index (κ2) is 6.96. The molecule has 148 valence electrons. The van der Waals surface area contributed by atoms with E-state index < -0.39 is 0 Å². The molecular formula is C21H18N8O. The van der Waals surface area contributed by atoms with Crippen molar-refractivity contribution in [1.29, 1.82) is 0 Å². The highest BCUT2D eigenvalue weighted by molar-refractivity contribution is 6.03. The van der Waals surface area contributed by atoms with Crippen molar-refractivity contribution in [3.05, 3.63) is 75.7 Å². The van der Waals surface area contributed by atoms with Gasteiger partial charge >= 0.3 is 0 Å². The van der Waals surface area contributed by atoms with Gasteiger partial charge in [-0.3, -0.25) is 9.89 Å². The Bertz CT molecular complexity index is 1460. The molecule has 0 amide bonds. The van der Waals surface area contributed by atoms with Gasteiger partial charge in [0.15, 0.2) is 5.65 Å². The summed E-state index contributed by atoms with van der Waals surface area (Å²) in [6.07, 6.45) is 1.45. The van der Waals surface area contributed by atoms with E-state index in [9.17, 15) is 4.79 Å². The van der Waals surface area contributed by atoms with Crippen LogP contribution in [-0.4, -0.2) is 36.2 Å². The van der Waals surface area contributed by atoms with Crippen LogP contribution in [-0.2, 0) is 0 Å². The molecule has 0 aliphatic rings. The van der Waals surface area contributed by atoms with E-state index in [0.717, 1.165) is 22.2 Å². The summed E-state index contributed by atoms with van der Waals surface area (Å²) in [6.45, 7) is 3.84. The number of aromatic nitrogens is 6. The highest BCUT2D eigenvalue weighted by Crippen LogP contribution is 2.23. The van der Waals surface area contributed by atoms with Crippen molar-refractivity contribution in [2.24, 2.45) is 5.10 Å². The highest BCUT2D eigenvalue weighted by Gasteiger charge is 2.11. The summed E-state index contributed by atoms with van der Waals surface area (Å²) in [4.78, 5) is 20.4. The zero-order chi connectivity index (χ0) is 20.7. The molecule has 5 rings (SSSR count). The number of hydrazone groups is 1. The lowest BCUT2D eigenvalue weighted by molar-refractivity contribution is 0.835. The molecule has 0 saturated heterocycles. The van der Waals surface area contributed by atoms with Crippen LogP contribution in [0.4, 0.5) is 5.95 Å². The summed E-state index contributed by atoms with van der Waals surface area (Å²) in [6, 6.07) is 15.4. The monoisotopic (exact) mass is 398 g/mol. The molecule has 0 saturated carbocycles. The minimum atomic E-state index is -0.190. The van der Waals surface area contributed by atoms with E-state index in [0.29, 0.717) is 22.4 Å². The highest BCUT2D eigenvalue weighted by atomic mass is 16.1. The Hall–Kier alpha value is -4.27. The smallest absolute Gasteiger partial charge is 0.280 e. The van der Waals surface area contributed by atoms with Gasteiger partial charge in [-0.15, -0.1) is 10.2 Å². The average molecular weight is 398 g/mol. The lowest BCUT2D eigenvalue weighted by Crippen LogP contribution is -2.17. The molecule has 0 fully saturated rings. The molecule has 0 bridgehead atoms. The van der Waals surface area contributed by atoms with E-state index in [1.165, 1.54) is 10.9 Å². The van der Waals surface area contributed by atoms with Gasteiger partial charge in [-0.05, 0) is 38.1 Å².